The number of hydrogen-bond donors (Lipinski definition) is 2. The number of hydrogen-bond acceptors (Lipinski definition) is 4. The molecule has 0 aromatic carbocycles. The van der Waals surface area contributed by atoms with E-state index in [-0.39, 0.29) is 16.9 Å². The summed E-state index contributed by atoms with van der Waals surface area (Å²) in [6.07, 6.45) is 0. The van der Waals surface area contributed by atoms with Crippen LogP contribution in [0.3, 0.4) is 0 Å². The van der Waals surface area contributed by atoms with Gasteiger partial charge in [0.25, 0.3) is 0 Å². The summed E-state index contributed by atoms with van der Waals surface area (Å²) in [5.41, 5.74) is -0.0294. The average molecular weight is 183 g/mol. The van der Waals surface area contributed by atoms with Gasteiger partial charge in [-0.3, -0.25) is 9.67 Å². The van der Waals surface area contributed by atoms with Gasteiger partial charge in [0.15, 0.2) is 5.69 Å². The minimum absolute atomic E-state index is 0.0278. The van der Waals surface area contributed by atoms with Crippen LogP contribution in [0.25, 0.3) is 11.2 Å². The van der Waals surface area contributed by atoms with Crippen molar-refractivity contribution in [3.8, 4) is 0 Å². The number of fused-ring (bicyclic) bond motifs is 1. The fraction of sp³-hybridized carbons (Fsp3) is 0.167. The van der Waals surface area contributed by atoms with Crippen LogP contribution in [0.4, 0.5) is 0 Å². The molecule has 13 heavy (non-hydrogen) atoms. The summed E-state index contributed by atoms with van der Waals surface area (Å²) < 4.78 is 5.74. The van der Waals surface area contributed by atoms with E-state index in [2.05, 4.69) is 14.5 Å². The fourth-order valence-electron chi connectivity index (χ4n) is 1.13. The molecule has 7 nitrogen and oxygen atoms in total. The second-order valence-corrected chi connectivity index (χ2v) is 2.47. The maximum atomic E-state index is 10.7. The van der Waals surface area contributed by atoms with E-state index in [1.165, 1.54) is 7.05 Å². The Kier molecular flexibility index (Phi) is 1.30. The molecule has 0 atom stereocenters. The first-order valence-corrected chi connectivity index (χ1v) is 3.38. The van der Waals surface area contributed by atoms with E-state index in [4.69, 9.17) is 5.11 Å². The van der Waals surface area contributed by atoms with Crippen molar-refractivity contribution in [2.75, 3.05) is 0 Å². The number of rotatable bonds is 1. The Hall–Kier alpha value is -2.05. The molecule has 0 aliphatic carbocycles. The van der Waals surface area contributed by atoms with E-state index >= 15 is 0 Å². The Morgan fingerprint density at radius 2 is 2.38 bits per heavy atom. The summed E-state index contributed by atoms with van der Waals surface area (Å²) in [7, 11) is 1.46. The van der Waals surface area contributed by atoms with Crippen LogP contribution in [0, 0.1) is 0 Å². The van der Waals surface area contributed by atoms with Crippen molar-refractivity contribution in [2.24, 2.45) is 7.05 Å². The van der Waals surface area contributed by atoms with Crippen molar-refractivity contribution in [3.05, 3.63) is 16.2 Å². The van der Waals surface area contributed by atoms with E-state index in [1.54, 1.807) is 0 Å². The summed E-state index contributed by atoms with van der Waals surface area (Å²) in [6, 6.07) is 0. The van der Waals surface area contributed by atoms with Gasteiger partial charge in [-0.05, 0) is 0 Å². The number of carboxylic acids is 1. The largest absolute Gasteiger partial charge is 0.476 e. The van der Waals surface area contributed by atoms with Gasteiger partial charge < -0.3 is 9.52 Å². The van der Waals surface area contributed by atoms with E-state index in [0.29, 0.717) is 0 Å². The first kappa shape index (κ1) is 7.59. The molecule has 68 valence electrons. The maximum absolute atomic E-state index is 10.7. The number of carboxylic acid groups (broad SMARTS) is 1. The first-order valence-electron chi connectivity index (χ1n) is 3.38. The van der Waals surface area contributed by atoms with E-state index in [0.717, 1.165) is 4.68 Å². The quantitative estimate of drug-likeness (QED) is 0.623. The number of aromatic carboxylic acids is 1. The Labute approximate surface area is 70.6 Å². The smallest absolute Gasteiger partial charge is 0.418 e. The highest BCUT2D eigenvalue weighted by Crippen LogP contribution is 2.13. The van der Waals surface area contributed by atoms with Crippen LogP contribution in [0.2, 0.25) is 0 Å². The molecule has 2 heterocycles. The van der Waals surface area contributed by atoms with Gasteiger partial charge in [0.05, 0.1) is 0 Å². The number of carbonyl (C=O) groups is 1. The molecule has 0 unspecified atom stereocenters. The zero-order valence-corrected chi connectivity index (χ0v) is 6.57. The number of oxazole rings is 1. The highest BCUT2D eigenvalue weighted by molar-refractivity contribution is 5.97. The van der Waals surface area contributed by atoms with Crippen molar-refractivity contribution in [1.29, 1.82) is 0 Å². The fourth-order valence-corrected chi connectivity index (χ4v) is 1.13. The second kappa shape index (κ2) is 2.22. The first-order chi connectivity index (χ1) is 6.09. The number of nitrogens with zero attached hydrogens (tertiary/aromatic N) is 2. The predicted molar refractivity (Wildman–Crippen MR) is 40.6 cm³/mol. The number of aromatic amines is 1. The molecule has 0 amide bonds. The molecule has 0 saturated carbocycles. The van der Waals surface area contributed by atoms with Gasteiger partial charge in [0.2, 0.25) is 11.2 Å². The summed E-state index contributed by atoms with van der Waals surface area (Å²) in [6.45, 7) is 0. The van der Waals surface area contributed by atoms with Crippen molar-refractivity contribution in [3.63, 3.8) is 0 Å². The number of nitrogens with one attached hydrogen (secondary N) is 1. The average Bonchev–Trinajstić information content (AvgIpc) is 2.41. The third kappa shape index (κ3) is 0.934. The molecule has 0 fully saturated rings. The standard InChI is InChI=1S/C6H5N3O4/c1-9-2(5(10)11)3-4(8-9)7-6(12)13-3/h1H3,(H,10,11)(H,7,8,12). The molecule has 0 radical (unpaired) electrons. The molecule has 0 aliphatic heterocycles. The summed E-state index contributed by atoms with van der Waals surface area (Å²) in [4.78, 5) is 23.6. The predicted octanol–water partition coefficient (Wildman–Crippen LogP) is -0.447. The third-order valence-corrected chi connectivity index (χ3v) is 1.62. The van der Waals surface area contributed by atoms with Crippen LogP contribution in [0.1, 0.15) is 10.5 Å². The van der Waals surface area contributed by atoms with E-state index in [9.17, 15) is 9.59 Å². The van der Waals surface area contributed by atoms with Crippen molar-refractivity contribution >= 4 is 17.2 Å². The van der Waals surface area contributed by atoms with Gasteiger partial charge in [0, 0.05) is 7.05 Å². The molecule has 2 rings (SSSR count). The molecule has 0 bridgehead atoms. The van der Waals surface area contributed by atoms with E-state index in [1.807, 2.05) is 0 Å². The highest BCUT2D eigenvalue weighted by Gasteiger charge is 2.19. The van der Waals surface area contributed by atoms with Gasteiger partial charge in [-0.2, -0.15) is 5.10 Å². The van der Waals surface area contributed by atoms with Crippen LogP contribution < -0.4 is 5.76 Å². The highest BCUT2D eigenvalue weighted by atomic mass is 16.4. The lowest BCUT2D eigenvalue weighted by Crippen LogP contribution is -2.06. The molecule has 0 spiro atoms. The Morgan fingerprint density at radius 3 is 3.00 bits per heavy atom. The maximum Gasteiger partial charge on any atom is 0.418 e. The van der Waals surface area contributed by atoms with Gasteiger partial charge in [-0.15, -0.1) is 0 Å². The molecule has 0 saturated heterocycles. The minimum Gasteiger partial charge on any atom is -0.476 e. The summed E-state index contributed by atoms with van der Waals surface area (Å²) >= 11 is 0. The Morgan fingerprint density at radius 1 is 1.69 bits per heavy atom. The number of aryl methyl sites for hydroxylation is 1. The van der Waals surface area contributed by atoms with Gasteiger partial charge >= 0.3 is 11.7 Å². The zero-order valence-electron chi connectivity index (χ0n) is 6.57. The van der Waals surface area contributed by atoms with Gasteiger partial charge in [-0.1, -0.05) is 0 Å². The van der Waals surface area contributed by atoms with Crippen molar-refractivity contribution in [1.82, 2.24) is 14.8 Å². The minimum atomic E-state index is -1.19. The summed E-state index contributed by atoms with van der Waals surface area (Å²) in [5.74, 6) is -1.90. The molecule has 2 N–H and O–H groups in total. The molecule has 0 aliphatic rings. The monoisotopic (exact) mass is 183 g/mol. The summed E-state index contributed by atoms with van der Waals surface area (Å²) in [5, 5.41) is 12.5. The van der Waals surface area contributed by atoms with Crippen LogP contribution in [-0.4, -0.2) is 25.8 Å². The van der Waals surface area contributed by atoms with Crippen molar-refractivity contribution in [2.45, 2.75) is 0 Å². The molecular formula is C6H5N3O4. The van der Waals surface area contributed by atoms with Gasteiger partial charge in [0.1, 0.15) is 0 Å². The van der Waals surface area contributed by atoms with Crippen LogP contribution in [0.5, 0.6) is 0 Å². The lowest BCUT2D eigenvalue weighted by molar-refractivity contribution is 0.0685. The van der Waals surface area contributed by atoms with Crippen LogP contribution in [0.15, 0.2) is 9.21 Å². The molecular weight excluding hydrogens is 178 g/mol. The molecule has 2 aromatic rings. The Balaban J connectivity index is 2.90. The third-order valence-electron chi connectivity index (χ3n) is 1.62. The lowest BCUT2D eigenvalue weighted by atomic mass is 10.4. The van der Waals surface area contributed by atoms with Crippen LogP contribution >= 0.6 is 0 Å². The second-order valence-electron chi connectivity index (χ2n) is 2.47. The zero-order chi connectivity index (χ0) is 9.59. The topological polar surface area (TPSA) is 101 Å². The van der Waals surface area contributed by atoms with Crippen molar-refractivity contribution < 1.29 is 14.3 Å². The number of aromatic nitrogens is 3. The van der Waals surface area contributed by atoms with Gasteiger partial charge in [-0.25, -0.2) is 9.59 Å². The van der Waals surface area contributed by atoms with E-state index < -0.39 is 11.7 Å². The molecule has 2 aromatic heterocycles. The normalized spacial score (nSPS) is 10.8. The lowest BCUT2D eigenvalue weighted by Gasteiger charge is -1.91. The molecule has 7 heteroatoms. The Bertz CT molecular complexity index is 532. The number of H-pyrrole nitrogens is 1. The SMILES string of the molecule is Cn1nc2[nH]c(=O)oc2c1C(=O)O. The van der Waals surface area contributed by atoms with Crippen LogP contribution in [-0.2, 0) is 7.05 Å².